The minimum Gasteiger partial charge on any atom is -0.451 e. The van der Waals surface area contributed by atoms with Crippen molar-refractivity contribution >= 4 is 32.6 Å². The largest absolute Gasteiger partial charge is 0.451 e. The molecule has 6 nitrogen and oxygen atoms in total. The van der Waals surface area contributed by atoms with E-state index in [-0.39, 0.29) is 22.5 Å². The van der Waals surface area contributed by atoms with Crippen molar-refractivity contribution in [2.45, 2.75) is 44.4 Å². The van der Waals surface area contributed by atoms with Crippen LogP contribution in [0.3, 0.4) is 0 Å². The third-order valence-corrected chi connectivity index (χ3v) is 6.47. The Kier molecular flexibility index (Phi) is 5.94. The molecule has 160 valence electrons. The van der Waals surface area contributed by atoms with Gasteiger partial charge < -0.3 is 9.32 Å². The van der Waals surface area contributed by atoms with Gasteiger partial charge in [-0.3, -0.25) is 4.79 Å². The number of nitrogens with zero attached hydrogens (tertiary/aromatic N) is 1. The van der Waals surface area contributed by atoms with Gasteiger partial charge in [0, 0.05) is 31.2 Å². The average molecular weight is 429 g/mol. The number of amides is 1. The molecule has 0 saturated carbocycles. The molecule has 3 rings (SSSR count). The fourth-order valence-electron chi connectivity index (χ4n) is 3.26. The van der Waals surface area contributed by atoms with Crippen LogP contribution in [-0.4, -0.2) is 28.4 Å². The molecule has 0 aliphatic heterocycles. The van der Waals surface area contributed by atoms with Crippen LogP contribution in [0, 0.1) is 0 Å². The summed E-state index contributed by atoms with van der Waals surface area (Å²) in [7, 11) is -0.257. The molecule has 0 unspecified atom stereocenters. The lowest BCUT2D eigenvalue weighted by Gasteiger charge is -2.16. The first-order valence-corrected chi connectivity index (χ1v) is 11.4. The summed E-state index contributed by atoms with van der Waals surface area (Å²) in [4.78, 5) is 14.8. The number of anilines is 1. The highest BCUT2D eigenvalue weighted by atomic mass is 32.2. The fraction of sp³-hybridized carbons (Fsp3) is 0.348. The van der Waals surface area contributed by atoms with E-state index in [1.165, 1.54) is 0 Å². The standard InChI is InChI=1S/C23H28N2O4S/c1-14(2)16-8-10-19(15(3)4)22(12-16)30(27,28)24-23(26)21-11-17-7-9-18(25(5)6)13-20(17)29-21/h7-15H,1-6H3,(H,24,26). The van der Waals surface area contributed by atoms with Crippen molar-refractivity contribution in [3.05, 3.63) is 59.4 Å². The first kappa shape index (κ1) is 21.9. The van der Waals surface area contributed by atoms with Crippen molar-refractivity contribution in [2.24, 2.45) is 0 Å². The molecule has 0 aliphatic carbocycles. The zero-order valence-electron chi connectivity index (χ0n) is 18.2. The number of hydrogen-bond acceptors (Lipinski definition) is 5. The predicted octanol–water partition coefficient (Wildman–Crippen LogP) is 4.86. The van der Waals surface area contributed by atoms with Crippen LogP contribution in [0.4, 0.5) is 5.69 Å². The summed E-state index contributed by atoms with van der Waals surface area (Å²) < 4.78 is 34.0. The third kappa shape index (κ3) is 4.36. The number of fused-ring (bicyclic) bond motifs is 1. The SMILES string of the molecule is CC(C)c1ccc(C(C)C)c(S(=O)(=O)NC(=O)c2cc3ccc(N(C)C)cc3o2)c1. The lowest BCUT2D eigenvalue weighted by atomic mass is 9.97. The first-order valence-electron chi connectivity index (χ1n) is 9.91. The normalized spacial score (nSPS) is 12.0. The Bertz CT molecular complexity index is 1190. The molecule has 2 aromatic carbocycles. The van der Waals surface area contributed by atoms with E-state index in [9.17, 15) is 13.2 Å². The van der Waals surface area contributed by atoms with Crippen LogP contribution >= 0.6 is 0 Å². The topological polar surface area (TPSA) is 79.6 Å². The molecule has 1 N–H and O–H groups in total. The second kappa shape index (κ2) is 8.14. The van der Waals surface area contributed by atoms with E-state index in [0.717, 1.165) is 16.6 Å². The number of nitrogens with one attached hydrogen (secondary N) is 1. The van der Waals surface area contributed by atoms with Gasteiger partial charge in [-0.1, -0.05) is 39.8 Å². The van der Waals surface area contributed by atoms with Crippen LogP contribution in [0.2, 0.25) is 0 Å². The van der Waals surface area contributed by atoms with Crippen molar-refractivity contribution < 1.29 is 17.6 Å². The lowest BCUT2D eigenvalue weighted by Crippen LogP contribution is -2.31. The molecule has 0 radical (unpaired) electrons. The quantitative estimate of drug-likeness (QED) is 0.606. The van der Waals surface area contributed by atoms with Crippen LogP contribution in [0.25, 0.3) is 11.0 Å². The van der Waals surface area contributed by atoms with Gasteiger partial charge in [-0.25, -0.2) is 13.1 Å². The van der Waals surface area contributed by atoms with Gasteiger partial charge in [0.15, 0.2) is 5.76 Å². The Morgan fingerprint density at radius 2 is 1.67 bits per heavy atom. The van der Waals surface area contributed by atoms with Gasteiger partial charge in [0.25, 0.3) is 10.0 Å². The molecule has 30 heavy (non-hydrogen) atoms. The van der Waals surface area contributed by atoms with E-state index >= 15 is 0 Å². The van der Waals surface area contributed by atoms with Gasteiger partial charge in [-0.15, -0.1) is 0 Å². The fourth-order valence-corrected chi connectivity index (χ4v) is 4.62. The Morgan fingerprint density at radius 1 is 0.967 bits per heavy atom. The van der Waals surface area contributed by atoms with Crippen molar-refractivity contribution in [1.29, 1.82) is 0 Å². The molecule has 7 heteroatoms. The predicted molar refractivity (Wildman–Crippen MR) is 120 cm³/mol. The van der Waals surface area contributed by atoms with Gasteiger partial charge in [0.1, 0.15) is 5.58 Å². The molecule has 1 amide bonds. The molecule has 0 bridgehead atoms. The van der Waals surface area contributed by atoms with E-state index in [1.807, 2.05) is 77.0 Å². The second-order valence-corrected chi connectivity index (χ2v) is 9.92. The summed E-state index contributed by atoms with van der Waals surface area (Å²) in [5.41, 5.74) is 3.00. The molecular weight excluding hydrogens is 400 g/mol. The zero-order valence-corrected chi connectivity index (χ0v) is 19.0. The van der Waals surface area contributed by atoms with E-state index in [0.29, 0.717) is 11.1 Å². The van der Waals surface area contributed by atoms with E-state index in [4.69, 9.17) is 4.42 Å². The smallest absolute Gasteiger partial charge is 0.300 e. The highest BCUT2D eigenvalue weighted by molar-refractivity contribution is 7.90. The molecule has 1 heterocycles. The molecule has 0 saturated heterocycles. The van der Waals surface area contributed by atoms with Crippen LogP contribution < -0.4 is 9.62 Å². The Labute approximate surface area is 177 Å². The molecule has 3 aromatic rings. The van der Waals surface area contributed by atoms with Gasteiger partial charge in [-0.2, -0.15) is 0 Å². The van der Waals surface area contributed by atoms with Gasteiger partial charge >= 0.3 is 5.91 Å². The third-order valence-electron chi connectivity index (χ3n) is 5.09. The summed E-state index contributed by atoms with van der Waals surface area (Å²) in [5, 5.41) is 0.729. The van der Waals surface area contributed by atoms with Crippen LogP contribution in [0.15, 0.2) is 51.8 Å². The van der Waals surface area contributed by atoms with E-state index in [1.54, 1.807) is 12.1 Å². The van der Waals surface area contributed by atoms with Crippen molar-refractivity contribution in [2.75, 3.05) is 19.0 Å². The minimum absolute atomic E-state index is 0.0106. The summed E-state index contributed by atoms with van der Waals surface area (Å²) in [6.45, 7) is 7.84. The number of furan rings is 1. The van der Waals surface area contributed by atoms with Gasteiger partial charge in [0.2, 0.25) is 0 Å². The molecule has 0 spiro atoms. The average Bonchev–Trinajstić information content (AvgIpc) is 3.10. The van der Waals surface area contributed by atoms with Crippen LogP contribution in [-0.2, 0) is 10.0 Å². The van der Waals surface area contributed by atoms with E-state index < -0.39 is 15.9 Å². The summed E-state index contributed by atoms with van der Waals surface area (Å²) in [5.74, 6) is -0.682. The van der Waals surface area contributed by atoms with Crippen LogP contribution in [0.1, 0.15) is 61.2 Å². The Morgan fingerprint density at radius 3 is 2.27 bits per heavy atom. The second-order valence-electron chi connectivity index (χ2n) is 8.27. The summed E-state index contributed by atoms with van der Waals surface area (Å²) in [6, 6.07) is 12.5. The Balaban J connectivity index is 1.96. The molecule has 0 atom stereocenters. The number of hydrogen-bond donors (Lipinski definition) is 1. The van der Waals surface area contributed by atoms with Crippen molar-refractivity contribution in [3.63, 3.8) is 0 Å². The van der Waals surface area contributed by atoms with Crippen molar-refractivity contribution in [3.8, 4) is 0 Å². The highest BCUT2D eigenvalue weighted by Gasteiger charge is 2.25. The number of carbonyl (C=O) groups is 1. The number of sulfonamides is 1. The maximum Gasteiger partial charge on any atom is 0.300 e. The molecular formula is C23H28N2O4S. The van der Waals surface area contributed by atoms with Gasteiger partial charge in [-0.05, 0) is 47.2 Å². The maximum absolute atomic E-state index is 13.1. The molecule has 0 fully saturated rings. The molecule has 1 aromatic heterocycles. The van der Waals surface area contributed by atoms with Crippen molar-refractivity contribution in [1.82, 2.24) is 4.72 Å². The van der Waals surface area contributed by atoms with E-state index in [2.05, 4.69) is 4.72 Å². The monoisotopic (exact) mass is 428 g/mol. The summed E-state index contributed by atoms with van der Waals surface area (Å²) >= 11 is 0. The lowest BCUT2D eigenvalue weighted by molar-refractivity contribution is 0.0956. The Hall–Kier alpha value is -2.80. The van der Waals surface area contributed by atoms with Gasteiger partial charge in [0.05, 0.1) is 4.90 Å². The minimum atomic E-state index is -4.07. The summed E-state index contributed by atoms with van der Waals surface area (Å²) in [6.07, 6.45) is 0. The number of carbonyl (C=O) groups excluding carboxylic acids is 1. The highest BCUT2D eigenvalue weighted by Crippen LogP contribution is 2.29. The zero-order chi connectivity index (χ0) is 22.2. The number of benzene rings is 2. The number of rotatable bonds is 6. The first-order chi connectivity index (χ1) is 14.0. The maximum atomic E-state index is 13.1. The van der Waals surface area contributed by atoms with Crippen LogP contribution in [0.5, 0.6) is 0 Å². The molecule has 0 aliphatic rings.